The molecular formula is C13H9NO2S. The molecule has 0 heterocycles. The van der Waals surface area contributed by atoms with Gasteiger partial charge < -0.3 is 0 Å². The molecule has 0 aliphatic heterocycles. The molecule has 2 rings (SSSR count). The van der Waals surface area contributed by atoms with E-state index in [1.807, 2.05) is 18.2 Å². The van der Waals surface area contributed by atoms with E-state index in [9.17, 15) is 9.00 Å². The Morgan fingerprint density at radius 3 is 2.06 bits per heavy atom. The lowest BCUT2D eigenvalue weighted by Gasteiger charge is -2.00. The Morgan fingerprint density at radius 2 is 1.47 bits per heavy atom. The van der Waals surface area contributed by atoms with Gasteiger partial charge in [0, 0.05) is 11.1 Å². The maximum absolute atomic E-state index is 12.0. The topological polar surface area (TPSA) is 46.5 Å². The fourth-order valence-corrected chi connectivity index (χ4v) is 1.68. The monoisotopic (exact) mass is 243 g/mol. The molecule has 0 N–H and O–H groups in total. The summed E-state index contributed by atoms with van der Waals surface area (Å²) in [4.78, 5) is 12.0. The number of carbonyl (C=O) groups is 1. The molecule has 0 spiro atoms. The van der Waals surface area contributed by atoms with Gasteiger partial charge in [-0.1, -0.05) is 30.3 Å². The van der Waals surface area contributed by atoms with E-state index in [1.54, 1.807) is 36.4 Å². The Kier molecular flexibility index (Phi) is 3.57. The summed E-state index contributed by atoms with van der Waals surface area (Å²) in [6.45, 7) is 0. The summed E-state index contributed by atoms with van der Waals surface area (Å²) in [5.74, 6) is -0.0353. The maximum Gasteiger partial charge on any atom is 0.205 e. The molecule has 0 aliphatic rings. The second-order valence-electron chi connectivity index (χ2n) is 3.41. The van der Waals surface area contributed by atoms with Crippen molar-refractivity contribution in [2.75, 3.05) is 0 Å². The molecule has 0 aliphatic carbocycles. The minimum Gasteiger partial charge on any atom is -0.289 e. The molecule has 4 heteroatoms. The summed E-state index contributed by atoms with van der Waals surface area (Å²) in [5, 5.41) is 0. The van der Waals surface area contributed by atoms with Crippen molar-refractivity contribution in [3.8, 4) is 0 Å². The fourth-order valence-electron chi connectivity index (χ4n) is 1.47. The third kappa shape index (κ3) is 2.73. The van der Waals surface area contributed by atoms with Crippen molar-refractivity contribution in [3.63, 3.8) is 0 Å². The highest BCUT2D eigenvalue weighted by Gasteiger charge is 2.07. The van der Waals surface area contributed by atoms with E-state index in [1.165, 1.54) is 0 Å². The summed E-state index contributed by atoms with van der Waals surface area (Å²) in [7, 11) is 0. The van der Waals surface area contributed by atoms with Crippen molar-refractivity contribution in [1.82, 2.24) is 0 Å². The lowest BCUT2D eigenvalue weighted by atomic mass is 10.0. The number of rotatable bonds is 3. The van der Waals surface area contributed by atoms with Crippen LogP contribution in [0.5, 0.6) is 0 Å². The van der Waals surface area contributed by atoms with Crippen LogP contribution in [0.3, 0.4) is 0 Å². The van der Waals surface area contributed by atoms with Crippen LogP contribution in [0.4, 0.5) is 5.69 Å². The van der Waals surface area contributed by atoms with Crippen molar-refractivity contribution < 1.29 is 9.00 Å². The zero-order valence-corrected chi connectivity index (χ0v) is 9.68. The standard InChI is InChI=1S/C13H9NO2S/c15-13(10-4-2-1-3-5-10)11-6-8-12(9-7-11)14-17-16/h1-9H. The van der Waals surface area contributed by atoms with Gasteiger partial charge in [-0.25, -0.2) is 0 Å². The highest BCUT2D eigenvalue weighted by atomic mass is 32.1. The van der Waals surface area contributed by atoms with E-state index in [0.29, 0.717) is 16.8 Å². The molecule has 17 heavy (non-hydrogen) atoms. The predicted molar refractivity (Wildman–Crippen MR) is 66.5 cm³/mol. The molecular weight excluding hydrogens is 234 g/mol. The van der Waals surface area contributed by atoms with Crippen molar-refractivity contribution in [2.24, 2.45) is 4.36 Å². The number of hydrogen-bond acceptors (Lipinski definition) is 3. The van der Waals surface area contributed by atoms with Gasteiger partial charge in [0.25, 0.3) is 0 Å². The lowest BCUT2D eigenvalue weighted by Crippen LogP contribution is -1.99. The number of benzene rings is 2. The second kappa shape index (κ2) is 5.32. The maximum atomic E-state index is 12.0. The minimum absolute atomic E-state index is 0.0353. The third-order valence-corrected chi connectivity index (χ3v) is 2.59. The van der Waals surface area contributed by atoms with E-state index in [-0.39, 0.29) is 17.2 Å². The van der Waals surface area contributed by atoms with Gasteiger partial charge >= 0.3 is 0 Å². The lowest BCUT2D eigenvalue weighted by molar-refractivity contribution is 0.103. The first-order chi connectivity index (χ1) is 8.31. The summed E-state index contributed by atoms with van der Waals surface area (Å²) < 4.78 is 13.9. The third-order valence-electron chi connectivity index (χ3n) is 2.31. The number of carbonyl (C=O) groups excluding carboxylic acids is 1. The fraction of sp³-hybridized carbons (Fsp3) is 0. The van der Waals surface area contributed by atoms with E-state index in [2.05, 4.69) is 4.36 Å². The molecule has 0 saturated heterocycles. The molecule has 0 unspecified atom stereocenters. The summed E-state index contributed by atoms with van der Waals surface area (Å²) in [6, 6.07) is 15.7. The number of ketones is 1. The summed E-state index contributed by atoms with van der Waals surface area (Å²) >= 11 is 0.155. The molecule has 0 aromatic heterocycles. The predicted octanol–water partition coefficient (Wildman–Crippen LogP) is 2.95. The first-order valence-electron chi connectivity index (χ1n) is 5.01. The molecule has 2 aromatic rings. The smallest absolute Gasteiger partial charge is 0.205 e. The molecule has 3 nitrogen and oxygen atoms in total. The molecule has 0 saturated carbocycles. The van der Waals surface area contributed by atoms with Crippen LogP contribution in [0, 0.1) is 0 Å². The molecule has 84 valence electrons. The quantitative estimate of drug-likeness (QED) is 0.778. The minimum atomic E-state index is -0.0353. The van der Waals surface area contributed by atoms with Gasteiger partial charge in [0.2, 0.25) is 11.5 Å². The average molecular weight is 243 g/mol. The zero-order chi connectivity index (χ0) is 12.1. The highest BCUT2D eigenvalue weighted by Crippen LogP contribution is 2.15. The highest BCUT2D eigenvalue weighted by molar-refractivity contribution is 7.54. The van der Waals surface area contributed by atoms with E-state index in [4.69, 9.17) is 0 Å². The van der Waals surface area contributed by atoms with Crippen molar-refractivity contribution >= 4 is 22.9 Å². The largest absolute Gasteiger partial charge is 0.289 e. The molecule has 0 radical (unpaired) electrons. The first-order valence-corrected chi connectivity index (χ1v) is 5.71. The van der Waals surface area contributed by atoms with E-state index < -0.39 is 0 Å². The summed E-state index contributed by atoms with van der Waals surface area (Å²) in [6.07, 6.45) is 0. The van der Waals surface area contributed by atoms with Gasteiger partial charge in [-0.3, -0.25) is 4.79 Å². The molecule has 0 bridgehead atoms. The molecule has 0 atom stereocenters. The zero-order valence-electron chi connectivity index (χ0n) is 8.87. The van der Waals surface area contributed by atoms with E-state index in [0.717, 1.165) is 0 Å². The van der Waals surface area contributed by atoms with Gasteiger partial charge in [0.05, 0.1) is 5.69 Å². The SMILES string of the molecule is O=S=Nc1ccc(C(=O)c2ccccc2)cc1. The van der Waals surface area contributed by atoms with Crippen LogP contribution in [-0.4, -0.2) is 9.99 Å². The van der Waals surface area contributed by atoms with Crippen LogP contribution < -0.4 is 0 Å². The second-order valence-corrected chi connectivity index (χ2v) is 3.74. The van der Waals surface area contributed by atoms with Gasteiger partial charge in [0.1, 0.15) is 0 Å². The Bertz CT molecular complexity index is 572. The summed E-state index contributed by atoms with van der Waals surface area (Å²) in [5.41, 5.74) is 1.80. The van der Waals surface area contributed by atoms with E-state index >= 15 is 0 Å². The molecule has 0 fully saturated rings. The Balaban J connectivity index is 2.29. The molecule has 2 aromatic carbocycles. The van der Waals surface area contributed by atoms with Crippen molar-refractivity contribution in [3.05, 3.63) is 65.7 Å². The van der Waals surface area contributed by atoms with Crippen LogP contribution in [0.2, 0.25) is 0 Å². The Morgan fingerprint density at radius 1 is 0.882 bits per heavy atom. The Hall–Kier alpha value is -2.07. The van der Waals surface area contributed by atoms with Gasteiger partial charge in [-0.05, 0) is 24.3 Å². The van der Waals surface area contributed by atoms with Crippen molar-refractivity contribution in [1.29, 1.82) is 0 Å². The number of hydrogen-bond donors (Lipinski definition) is 0. The van der Waals surface area contributed by atoms with Crippen LogP contribution in [0.25, 0.3) is 0 Å². The Labute approximate surface area is 102 Å². The first kappa shape index (κ1) is 11.4. The van der Waals surface area contributed by atoms with Crippen LogP contribution in [0.1, 0.15) is 15.9 Å². The van der Waals surface area contributed by atoms with Gasteiger partial charge in [-0.15, -0.1) is 0 Å². The van der Waals surface area contributed by atoms with Crippen LogP contribution >= 0.6 is 0 Å². The van der Waals surface area contributed by atoms with Gasteiger partial charge in [0.15, 0.2) is 5.78 Å². The normalized spacial score (nSPS) is 9.65. The van der Waals surface area contributed by atoms with Gasteiger partial charge in [-0.2, -0.15) is 8.57 Å². The molecule has 0 amide bonds. The van der Waals surface area contributed by atoms with Crippen molar-refractivity contribution in [2.45, 2.75) is 0 Å². The average Bonchev–Trinajstić information content (AvgIpc) is 2.40. The number of nitrogens with zero attached hydrogens (tertiary/aromatic N) is 1. The van der Waals surface area contributed by atoms with Crippen LogP contribution in [-0.2, 0) is 11.5 Å². The van der Waals surface area contributed by atoms with Crippen LogP contribution in [0.15, 0.2) is 59.0 Å².